The Morgan fingerprint density at radius 2 is 1.95 bits per heavy atom. The van der Waals surface area contributed by atoms with Gasteiger partial charge in [0.15, 0.2) is 0 Å². The SMILES string of the molecule is NCC(c1ccccc1Cl)N(CC(F)(F)F)C1CC1. The van der Waals surface area contributed by atoms with E-state index in [4.69, 9.17) is 17.3 Å². The molecule has 1 unspecified atom stereocenters. The van der Waals surface area contributed by atoms with Crippen molar-refractivity contribution in [3.05, 3.63) is 34.9 Å². The molecule has 1 aliphatic rings. The molecular formula is C13H16ClF3N2. The van der Waals surface area contributed by atoms with Crippen molar-refractivity contribution >= 4 is 11.6 Å². The quantitative estimate of drug-likeness (QED) is 0.901. The van der Waals surface area contributed by atoms with Gasteiger partial charge in [-0.15, -0.1) is 0 Å². The van der Waals surface area contributed by atoms with Crippen LogP contribution in [0.2, 0.25) is 5.02 Å². The predicted molar refractivity (Wildman–Crippen MR) is 69.0 cm³/mol. The standard InChI is InChI=1S/C13H16ClF3N2/c14-11-4-2-1-3-10(11)12(7-18)19(9-5-6-9)8-13(15,16)17/h1-4,9,12H,5-8,18H2. The molecule has 1 fully saturated rings. The molecule has 19 heavy (non-hydrogen) atoms. The Morgan fingerprint density at radius 3 is 2.42 bits per heavy atom. The van der Waals surface area contributed by atoms with E-state index in [2.05, 4.69) is 0 Å². The molecule has 0 spiro atoms. The third-order valence-electron chi connectivity index (χ3n) is 3.27. The average Bonchev–Trinajstić information content (AvgIpc) is 3.13. The lowest BCUT2D eigenvalue weighted by Crippen LogP contribution is -2.41. The van der Waals surface area contributed by atoms with Crippen LogP contribution in [0.5, 0.6) is 0 Å². The molecule has 0 aliphatic heterocycles. The number of rotatable bonds is 5. The molecule has 0 saturated heterocycles. The number of nitrogens with zero attached hydrogens (tertiary/aromatic N) is 1. The van der Waals surface area contributed by atoms with Gasteiger partial charge in [-0.1, -0.05) is 29.8 Å². The smallest absolute Gasteiger partial charge is 0.329 e. The van der Waals surface area contributed by atoms with Gasteiger partial charge in [0.1, 0.15) is 0 Å². The summed E-state index contributed by atoms with van der Waals surface area (Å²) in [5.74, 6) is 0. The van der Waals surface area contributed by atoms with Gasteiger partial charge >= 0.3 is 6.18 Å². The molecule has 1 saturated carbocycles. The summed E-state index contributed by atoms with van der Waals surface area (Å²) < 4.78 is 38.1. The molecular weight excluding hydrogens is 277 g/mol. The molecule has 1 aliphatic carbocycles. The first kappa shape index (κ1) is 14.6. The van der Waals surface area contributed by atoms with Crippen molar-refractivity contribution in [1.82, 2.24) is 4.90 Å². The largest absolute Gasteiger partial charge is 0.401 e. The lowest BCUT2D eigenvalue weighted by molar-refractivity contribution is -0.152. The second-order valence-corrected chi connectivity index (χ2v) is 5.20. The van der Waals surface area contributed by atoms with Gasteiger partial charge < -0.3 is 5.73 Å². The van der Waals surface area contributed by atoms with Gasteiger partial charge in [-0.3, -0.25) is 4.90 Å². The number of halogens is 4. The zero-order chi connectivity index (χ0) is 14.0. The summed E-state index contributed by atoms with van der Waals surface area (Å²) in [6.45, 7) is -0.818. The Labute approximate surface area is 115 Å². The minimum Gasteiger partial charge on any atom is -0.329 e. The van der Waals surface area contributed by atoms with Crippen LogP contribution in [-0.2, 0) is 0 Å². The zero-order valence-electron chi connectivity index (χ0n) is 10.3. The highest BCUT2D eigenvalue weighted by Crippen LogP contribution is 2.38. The third-order valence-corrected chi connectivity index (χ3v) is 3.61. The van der Waals surface area contributed by atoms with Gasteiger partial charge in [0.25, 0.3) is 0 Å². The lowest BCUT2D eigenvalue weighted by atomic mass is 10.0. The van der Waals surface area contributed by atoms with Crippen molar-refractivity contribution < 1.29 is 13.2 Å². The van der Waals surface area contributed by atoms with E-state index >= 15 is 0 Å². The zero-order valence-corrected chi connectivity index (χ0v) is 11.1. The minimum atomic E-state index is -4.22. The highest BCUT2D eigenvalue weighted by molar-refractivity contribution is 6.31. The fourth-order valence-corrected chi connectivity index (χ4v) is 2.56. The molecule has 0 bridgehead atoms. The van der Waals surface area contributed by atoms with Crippen LogP contribution in [0.4, 0.5) is 13.2 Å². The molecule has 0 heterocycles. The van der Waals surface area contributed by atoms with Gasteiger partial charge in [-0.25, -0.2) is 0 Å². The van der Waals surface area contributed by atoms with Crippen LogP contribution in [-0.4, -0.2) is 30.2 Å². The Morgan fingerprint density at radius 1 is 1.32 bits per heavy atom. The monoisotopic (exact) mass is 292 g/mol. The molecule has 6 heteroatoms. The van der Waals surface area contributed by atoms with Gasteiger partial charge in [0.2, 0.25) is 0 Å². The van der Waals surface area contributed by atoms with Crippen LogP contribution >= 0.6 is 11.6 Å². The first-order chi connectivity index (χ1) is 8.92. The number of nitrogens with two attached hydrogens (primary N) is 1. The van der Waals surface area contributed by atoms with Crippen LogP contribution in [0, 0.1) is 0 Å². The number of benzene rings is 1. The Hall–Kier alpha value is -0.780. The van der Waals surface area contributed by atoms with E-state index < -0.39 is 18.8 Å². The average molecular weight is 293 g/mol. The molecule has 1 aromatic carbocycles. The molecule has 0 amide bonds. The van der Waals surface area contributed by atoms with Crippen LogP contribution in [0.25, 0.3) is 0 Å². The van der Waals surface area contributed by atoms with Crippen molar-refractivity contribution in [2.24, 2.45) is 5.73 Å². The Balaban J connectivity index is 2.25. The van der Waals surface area contributed by atoms with Crippen molar-refractivity contribution in [2.45, 2.75) is 31.1 Å². The molecule has 1 aromatic rings. The maximum atomic E-state index is 12.7. The predicted octanol–water partition coefficient (Wildman–Crippen LogP) is 3.37. The second kappa shape index (κ2) is 5.69. The summed E-state index contributed by atoms with van der Waals surface area (Å²) in [7, 11) is 0. The molecule has 106 valence electrons. The minimum absolute atomic E-state index is 0.0357. The van der Waals surface area contributed by atoms with Crippen molar-refractivity contribution in [3.8, 4) is 0 Å². The van der Waals surface area contributed by atoms with Crippen LogP contribution in [0.1, 0.15) is 24.4 Å². The molecule has 0 aromatic heterocycles. The van der Waals surface area contributed by atoms with Crippen LogP contribution in [0.3, 0.4) is 0 Å². The van der Waals surface area contributed by atoms with Gasteiger partial charge in [0.05, 0.1) is 6.54 Å². The Bertz CT molecular complexity index is 432. The third kappa shape index (κ3) is 3.84. The summed E-state index contributed by atoms with van der Waals surface area (Å²) in [6, 6.07) is 6.42. The van der Waals surface area contributed by atoms with Crippen molar-refractivity contribution in [1.29, 1.82) is 0 Å². The van der Waals surface area contributed by atoms with Crippen molar-refractivity contribution in [2.75, 3.05) is 13.1 Å². The number of hydrogen-bond acceptors (Lipinski definition) is 2. The van der Waals surface area contributed by atoms with Gasteiger partial charge in [-0.05, 0) is 24.5 Å². The van der Waals surface area contributed by atoms with E-state index in [9.17, 15) is 13.2 Å². The fourth-order valence-electron chi connectivity index (χ4n) is 2.29. The molecule has 0 radical (unpaired) electrons. The van der Waals surface area contributed by atoms with Gasteiger partial charge in [0, 0.05) is 23.7 Å². The Kier molecular flexibility index (Phi) is 4.38. The molecule has 1 atom stereocenters. The normalized spacial score (nSPS) is 17.8. The summed E-state index contributed by atoms with van der Waals surface area (Å²) in [5, 5.41) is 0.464. The highest BCUT2D eigenvalue weighted by Gasteiger charge is 2.41. The molecule has 2 N–H and O–H groups in total. The number of hydrogen-bond donors (Lipinski definition) is 1. The lowest BCUT2D eigenvalue weighted by Gasteiger charge is -2.32. The maximum absolute atomic E-state index is 12.7. The summed E-state index contributed by atoms with van der Waals surface area (Å²) in [5.41, 5.74) is 6.36. The molecule has 2 nitrogen and oxygen atoms in total. The topological polar surface area (TPSA) is 29.3 Å². The maximum Gasteiger partial charge on any atom is 0.401 e. The van der Waals surface area contributed by atoms with Crippen molar-refractivity contribution in [3.63, 3.8) is 0 Å². The number of alkyl halides is 3. The van der Waals surface area contributed by atoms with E-state index in [1.165, 1.54) is 4.90 Å². The molecule has 2 rings (SSSR count). The van der Waals surface area contributed by atoms with Crippen LogP contribution in [0.15, 0.2) is 24.3 Å². The van der Waals surface area contributed by atoms with E-state index in [-0.39, 0.29) is 12.6 Å². The summed E-state index contributed by atoms with van der Waals surface area (Å²) in [6.07, 6.45) is -2.65. The van der Waals surface area contributed by atoms with E-state index in [1.54, 1.807) is 24.3 Å². The van der Waals surface area contributed by atoms with E-state index in [1.807, 2.05) is 0 Å². The second-order valence-electron chi connectivity index (χ2n) is 4.79. The fraction of sp³-hybridized carbons (Fsp3) is 0.538. The van der Waals surface area contributed by atoms with Gasteiger partial charge in [-0.2, -0.15) is 13.2 Å². The first-order valence-corrected chi connectivity index (χ1v) is 6.57. The summed E-state index contributed by atoms with van der Waals surface area (Å²) in [4.78, 5) is 1.43. The van der Waals surface area contributed by atoms with E-state index in [0.717, 1.165) is 12.8 Å². The van der Waals surface area contributed by atoms with Crippen LogP contribution < -0.4 is 5.73 Å². The highest BCUT2D eigenvalue weighted by atomic mass is 35.5. The first-order valence-electron chi connectivity index (χ1n) is 6.19. The summed E-state index contributed by atoms with van der Waals surface area (Å²) >= 11 is 6.07. The van der Waals surface area contributed by atoms with E-state index in [0.29, 0.717) is 10.6 Å².